The Hall–Kier alpha value is -0.860. The first-order chi connectivity index (χ1) is 8.65. The summed E-state index contributed by atoms with van der Waals surface area (Å²) in [5.41, 5.74) is 1.45. The number of morpholine rings is 1. The molecule has 3 atom stereocenters. The van der Waals surface area contributed by atoms with Crippen molar-refractivity contribution in [1.82, 2.24) is 4.90 Å². The van der Waals surface area contributed by atoms with Crippen LogP contribution in [0.5, 0.6) is 0 Å². The lowest BCUT2D eigenvalue weighted by atomic mass is 9.97. The lowest BCUT2D eigenvalue weighted by Gasteiger charge is -2.35. The summed E-state index contributed by atoms with van der Waals surface area (Å²) >= 11 is 0. The van der Waals surface area contributed by atoms with Gasteiger partial charge in [-0.25, -0.2) is 0 Å². The van der Waals surface area contributed by atoms with Gasteiger partial charge in [0.15, 0.2) is 0 Å². The molecule has 2 heteroatoms. The van der Waals surface area contributed by atoms with Crippen LogP contribution in [0.2, 0.25) is 0 Å². The maximum atomic E-state index is 5.77. The number of nitrogens with zero attached hydrogens (tertiary/aromatic N) is 1. The van der Waals surface area contributed by atoms with Crippen LogP contribution < -0.4 is 0 Å². The number of hydrogen-bond donors (Lipinski definition) is 0. The molecule has 0 radical (unpaired) electrons. The maximum Gasteiger partial charge on any atom is 0.0678 e. The minimum Gasteiger partial charge on any atom is -0.373 e. The van der Waals surface area contributed by atoms with Crippen molar-refractivity contribution in [3.63, 3.8) is 0 Å². The molecule has 0 aliphatic carbocycles. The average molecular weight is 247 g/mol. The summed E-state index contributed by atoms with van der Waals surface area (Å²) in [6.45, 7) is 9.99. The van der Waals surface area contributed by atoms with Gasteiger partial charge < -0.3 is 4.74 Å². The number of ether oxygens (including phenoxy) is 1. The van der Waals surface area contributed by atoms with Crippen molar-refractivity contribution in [2.75, 3.05) is 19.6 Å². The summed E-state index contributed by atoms with van der Waals surface area (Å²) in [6.07, 6.45) is 1.98. The zero-order valence-electron chi connectivity index (χ0n) is 11.8. The first-order valence-corrected chi connectivity index (χ1v) is 7.08. The van der Waals surface area contributed by atoms with Gasteiger partial charge in [-0.2, -0.15) is 0 Å². The van der Waals surface area contributed by atoms with Crippen LogP contribution in [0.4, 0.5) is 0 Å². The van der Waals surface area contributed by atoms with E-state index < -0.39 is 0 Å². The highest BCUT2D eigenvalue weighted by Gasteiger charge is 2.22. The van der Waals surface area contributed by atoms with Crippen molar-refractivity contribution >= 4 is 0 Å². The normalized spacial score (nSPS) is 27.1. The first kappa shape index (κ1) is 13.6. The molecular formula is C16H25NO. The SMILES string of the molecule is C[C@H](CCN1C[C@H](C)O[C@@H](C)C1)c1ccccc1. The number of rotatable bonds is 4. The number of hydrogen-bond acceptors (Lipinski definition) is 2. The molecule has 0 N–H and O–H groups in total. The predicted molar refractivity (Wildman–Crippen MR) is 75.9 cm³/mol. The Labute approximate surface area is 111 Å². The quantitative estimate of drug-likeness (QED) is 0.809. The maximum absolute atomic E-state index is 5.77. The topological polar surface area (TPSA) is 12.5 Å². The monoisotopic (exact) mass is 247 g/mol. The second-order valence-electron chi connectivity index (χ2n) is 5.62. The van der Waals surface area contributed by atoms with E-state index in [2.05, 4.69) is 56.0 Å². The van der Waals surface area contributed by atoms with Crippen molar-refractivity contribution in [2.24, 2.45) is 0 Å². The van der Waals surface area contributed by atoms with E-state index in [0.29, 0.717) is 18.1 Å². The molecule has 1 aromatic rings. The fraction of sp³-hybridized carbons (Fsp3) is 0.625. The second kappa shape index (κ2) is 6.35. The number of benzene rings is 1. The third-order valence-corrected chi connectivity index (χ3v) is 3.74. The molecule has 18 heavy (non-hydrogen) atoms. The van der Waals surface area contributed by atoms with E-state index >= 15 is 0 Å². The molecule has 1 aliphatic heterocycles. The molecule has 2 rings (SSSR count). The van der Waals surface area contributed by atoms with Crippen LogP contribution in [0.1, 0.15) is 38.7 Å². The van der Waals surface area contributed by atoms with Crippen molar-refractivity contribution in [1.29, 1.82) is 0 Å². The lowest BCUT2D eigenvalue weighted by Crippen LogP contribution is -2.45. The molecule has 0 aromatic heterocycles. The Bertz CT molecular complexity index is 341. The third-order valence-electron chi connectivity index (χ3n) is 3.74. The Morgan fingerprint density at radius 1 is 1.17 bits per heavy atom. The van der Waals surface area contributed by atoms with E-state index in [4.69, 9.17) is 4.74 Å². The van der Waals surface area contributed by atoms with Crippen molar-refractivity contribution in [3.8, 4) is 0 Å². The largest absolute Gasteiger partial charge is 0.373 e. The van der Waals surface area contributed by atoms with E-state index in [1.165, 1.54) is 18.5 Å². The molecule has 1 heterocycles. The van der Waals surface area contributed by atoms with Crippen molar-refractivity contribution < 1.29 is 4.74 Å². The Balaban J connectivity index is 1.81. The molecule has 1 fully saturated rings. The van der Waals surface area contributed by atoms with Crippen LogP contribution in [0.15, 0.2) is 30.3 Å². The van der Waals surface area contributed by atoms with Gasteiger partial charge in [0.2, 0.25) is 0 Å². The summed E-state index contributed by atoms with van der Waals surface area (Å²) in [5, 5.41) is 0. The Kier molecular flexibility index (Phi) is 4.79. The average Bonchev–Trinajstić information content (AvgIpc) is 2.36. The van der Waals surface area contributed by atoms with Crippen molar-refractivity contribution in [3.05, 3.63) is 35.9 Å². The molecule has 0 amide bonds. The highest BCUT2D eigenvalue weighted by Crippen LogP contribution is 2.20. The van der Waals surface area contributed by atoms with Gasteiger partial charge in [0.1, 0.15) is 0 Å². The summed E-state index contributed by atoms with van der Waals surface area (Å²) in [7, 11) is 0. The van der Waals surface area contributed by atoms with Gasteiger partial charge in [-0.3, -0.25) is 4.90 Å². The van der Waals surface area contributed by atoms with Gasteiger partial charge in [0, 0.05) is 13.1 Å². The van der Waals surface area contributed by atoms with Gasteiger partial charge in [0.25, 0.3) is 0 Å². The van der Waals surface area contributed by atoms with E-state index in [9.17, 15) is 0 Å². The van der Waals surface area contributed by atoms with E-state index in [1.807, 2.05) is 0 Å². The van der Waals surface area contributed by atoms with E-state index in [1.54, 1.807) is 0 Å². The molecule has 0 spiro atoms. The minimum atomic E-state index is 0.376. The van der Waals surface area contributed by atoms with Crippen LogP contribution in [0, 0.1) is 0 Å². The highest BCUT2D eigenvalue weighted by atomic mass is 16.5. The minimum absolute atomic E-state index is 0.376. The molecule has 100 valence electrons. The first-order valence-electron chi connectivity index (χ1n) is 7.08. The lowest BCUT2D eigenvalue weighted by molar-refractivity contribution is -0.0683. The van der Waals surface area contributed by atoms with E-state index in [-0.39, 0.29) is 0 Å². The van der Waals surface area contributed by atoms with Crippen LogP contribution >= 0.6 is 0 Å². The van der Waals surface area contributed by atoms with Gasteiger partial charge in [-0.15, -0.1) is 0 Å². The summed E-state index contributed by atoms with van der Waals surface area (Å²) in [5.74, 6) is 0.639. The summed E-state index contributed by atoms with van der Waals surface area (Å²) < 4.78 is 5.77. The van der Waals surface area contributed by atoms with Gasteiger partial charge in [-0.05, 0) is 38.3 Å². The van der Waals surface area contributed by atoms with Gasteiger partial charge >= 0.3 is 0 Å². The zero-order valence-corrected chi connectivity index (χ0v) is 11.8. The standard InChI is InChI=1S/C16H25NO/c1-13(16-7-5-4-6-8-16)9-10-17-11-14(2)18-15(3)12-17/h4-8,13-15H,9-12H2,1-3H3/t13-,14+,15+/m1/s1. The van der Waals surface area contributed by atoms with Crippen LogP contribution in [0.3, 0.4) is 0 Å². The van der Waals surface area contributed by atoms with Gasteiger partial charge in [-0.1, -0.05) is 37.3 Å². The Morgan fingerprint density at radius 3 is 2.39 bits per heavy atom. The smallest absolute Gasteiger partial charge is 0.0678 e. The van der Waals surface area contributed by atoms with Crippen LogP contribution in [-0.4, -0.2) is 36.7 Å². The Morgan fingerprint density at radius 2 is 1.78 bits per heavy atom. The van der Waals surface area contributed by atoms with Gasteiger partial charge in [0.05, 0.1) is 12.2 Å². The molecule has 2 nitrogen and oxygen atoms in total. The summed E-state index contributed by atoms with van der Waals surface area (Å²) in [4.78, 5) is 2.54. The van der Waals surface area contributed by atoms with E-state index in [0.717, 1.165) is 13.1 Å². The second-order valence-corrected chi connectivity index (χ2v) is 5.62. The fourth-order valence-corrected chi connectivity index (χ4v) is 2.79. The molecule has 1 aliphatic rings. The molecular weight excluding hydrogens is 222 g/mol. The molecule has 0 saturated carbocycles. The zero-order chi connectivity index (χ0) is 13.0. The predicted octanol–water partition coefficient (Wildman–Crippen LogP) is 3.29. The van der Waals surface area contributed by atoms with Crippen molar-refractivity contribution in [2.45, 2.75) is 45.3 Å². The van der Waals surface area contributed by atoms with Crippen LogP contribution in [-0.2, 0) is 4.74 Å². The fourth-order valence-electron chi connectivity index (χ4n) is 2.79. The third kappa shape index (κ3) is 3.82. The molecule has 0 bridgehead atoms. The summed E-state index contributed by atoms with van der Waals surface area (Å²) in [6, 6.07) is 10.8. The highest BCUT2D eigenvalue weighted by molar-refractivity contribution is 5.18. The molecule has 0 unspecified atom stereocenters. The molecule has 1 aromatic carbocycles. The van der Waals surface area contributed by atoms with Crippen LogP contribution in [0.25, 0.3) is 0 Å². The molecule has 1 saturated heterocycles.